The number of unbranched alkanes of at least 4 members (excludes halogenated alkanes) is 12. The topological polar surface area (TPSA) is 66.4 Å². The molecule has 1 unspecified atom stereocenters. The molecular weight excluding hydrogens is 371 g/mol. The van der Waals surface area contributed by atoms with Gasteiger partial charge in [0, 0.05) is 5.92 Å². The van der Waals surface area contributed by atoms with Crippen molar-refractivity contribution in [2.75, 3.05) is 6.61 Å². The van der Waals surface area contributed by atoms with Gasteiger partial charge in [0.1, 0.15) is 0 Å². The van der Waals surface area contributed by atoms with Crippen molar-refractivity contribution in [3.63, 3.8) is 0 Å². The van der Waals surface area contributed by atoms with Crippen molar-refractivity contribution in [1.29, 1.82) is 0 Å². The van der Waals surface area contributed by atoms with Crippen molar-refractivity contribution in [2.24, 2.45) is 5.92 Å². The standard InChI is InChI=1S/C21H42O4S.Na/c1-3-5-7-9-10-11-12-13-14-15-17-19-21(18-16-8-6-4-2)20-25-26(22,23)24;/h17,19,21H,3-16,18,20H2,1-2H3,(H,22,23,24);/q;+1/p-1/b19-17+;. The number of rotatable bonds is 19. The van der Waals surface area contributed by atoms with Crippen LogP contribution < -0.4 is 29.6 Å². The Hall–Kier alpha value is 0.610. The molecule has 156 valence electrons. The summed E-state index contributed by atoms with van der Waals surface area (Å²) in [5, 5.41) is 0. The molecule has 0 rings (SSSR count). The maximum Gasteiger partial charge on any atom is 1.00 e. The Balaban J connectivity index is 0. The fourth-order valence-electron chi connectivity index (χ4n) is 3.10. The van der Waals surface area contributed by atoms with Crippen LogP contribution in [0.4, 0.5) is 0 Å². The van der Waals surface area contributed by atoms with Crippen LogP contribution in [0.3, 0.4) is 0 Å². The normalized spacial score (nSPS) is 13.0. The maximum absolute atomic E-state index is 10.7. The monoisotopic (exact) mass is 412 g/mol. The molecule has 0 radical (unpaired) electrons. The van der Waals surface area contributed by atoms with E-state index in [1.54, 1.807) is 0 Å². The Morgan fingerprint density at radius 1 is 0.815 bits per heavy atom. The third-order valence-electron chi connectivity index (χ3n) is 4.74. The molecule has 0 aliphatic carbocycles. The van der Waals surface area contributed by atoms with Gasteiger partial charge in [0.2, 0.25) is 10.4 Å². The summed E-state index contributed by atoms with van der Waals surface area (Å²) >= 11 is 0. The molecule has 0 N–H and O–H groups in total. The summed E-state index contributed by atoms with van der Waals surface area (Å²) in [4.78, 5) is 0. The molecule has 1 atom stereocenters. The van der Waals surface area contributed by atoms with Crippen LogP contribution in [-0.2, 0) is 14.6 Å². The first-order valence-electron chi connectivity index (χ1n) is 10.8. The van der Waals surface area contributed by atoms with Crippen molar-refractivity contribution in [3.8, 4) is 0 Å². The van der Waals surface area contributed by atoms with E-state index in [0.717, 1.165) is 25.7 Å². The zero-order chi connectivity index (χ0) is 19.5. The number of allylic oxidation sites excluding steroid dienone is 1. The fraction of sp³-hybridized carbons (Fsp3) is 0.905. The summed E-state index contributed by atoms with van der Waals surface area (Å²) in [6, 6.07) is 0. The average Bonchev–Trinajstić information content (AvgIpc) is 2.59. The second kappa shape index (κ2) is 21.3. The van der Waals surface area contributed by atoms with Crippen LogP contribution in [-0.4, -0.2) is 19.6 Å². The van der Waals surface area contributed by atoms with Gasteiger partial charge in [0.25, 0.3) is 0 Å². The first kappa shape index (κ1) is 29.8. The molecule has 0 bridgehead atoms. The molecule has 0 fully saturated rings. The second-order valence-corrected chi connectivity index (χ2v) is 8.40. The second-order valence-electron chi connectivity index (χ2n) is 7.35. The summed E-state index contributed by atoms with van der Waals surface area (Å²) in [6.45, 7) is 4.39. The van der Waals surface area contributed by atoms with E-state index >= 15 is 0 Å². The molecule has 6 heteroatoms. The van der Waals surface area contributed by atoms with Crippen molar-refractivity contribution in [3.05, 3.63) is 12.2 Å². The molecule has 0 saturated carbocycles. The van der Waals surface area contributed by atoms with E-state index in [-0.39, 0.29) is 42.1 Å². The SMILES string of the molecule is CCCCCCCCCCC/C=C/C(CCCCCC)COS(=O)(=O)[O-].[Na+]. The van der Waals surface area contributed by atoms with Gasteiger partial charge in [-0.3, -0.25) is 4.18 Å². The predicted octanol–water partition coefficient (Wildman–Crippen LogP) is 3.53. The average molecular weight is 413 g/mol. The Bertz CT molecular complexity index is 424. The Morgan fingerprint density at radius 3 is 1.81 bits per heavy atom. The van der Waals surface area contributed by atoms with Crippen molar-refractivity contribution in [1.82, 2.24) is 0 Å². The quantitative estimate of drug-likeness (QED) is 0.107. The van der Waals surface area contributed by atoms with E-state index in [4.69, 9.17) is 0 Å². The van der Waals surface area contributed by atoms with Gasteiger partial charge in [0.05, 0.1) is 6.61 Å². The summed E-state index contributed by atoms with van der Waals surface area (Å²) in [7, 11) is -4.59. The predicted molar refractivity (Wildman–Crippen MR) is 109 cm³/mol. The summed E-state index contributed by atoms with van der Waals surface area (Å²) in [5.74, 6) is 0.0224. The summed E-state index contributed by atoms with van der Waals surface area (Å²) in [6.07, 6.45) is 22.5. The van der Waals surface area contributed by atoms with Gasteiger partial charge in [0.15, 0.2) is 0 Å². The van der Waals surface area contributed by atoms with Crippen LogP contribution in [0.2, 0.25) is 0 Å². The molecule has 0 saturated heterocycles. The summed E-state index contributed by atoms with van der Waals surface area (Å²) < 4.78 is 36.5. The molecule has 0 spiro atoms. The van der Waals surface area contributed by atoms with Gasteiger partial charge in [-0.2, -0.15) is 0 Å². The van der Waals surface area contributed by atoms with Gasteiger partial charge < -0.3 is 4.55 Å². The fourth-order valence-corrected chi connectivity index (χ4v) is 3.44. The number of hydrogen-bond donors (Lipinski definition) is 0. The molecule has 0 amide bonds. The van der Waals surface area contributed by atoms with E-state index in [9.17, 15) is 13.0 Å². The zero-order valence-electron chi connectivity index (χ0n) is 18.1. The third kappa shape index (κ3) is 24.6. The van der Waals surface area contributed by atoms with Crippen molar-refractivity contribution >= 4 is 10.4 Å². The Kier molecular flexibility index (Phi) is 23.5. The van der Waals surface area contributed by atoms with E-state index in [0.29, 0.717) is 0 Å². The molecular formula is C21H41NaO4S. The largest absolute Gasteiger partial charge is 1.00 e. The first-order chi connectivity index (χ1) is 12.5. The molecule has 0 aliphatic heterocycles. The molecule has 0 aromatic carbocycles. The Labute approximate surface area is 191 Å². The van der Waals surface area contributed by atoms with Crippen LogP contribution in [0, 0.1) is 5.92 Å². The minimum Gasteiger partial charge on any atom is -0.726 e. The van der Waals surface area contributed by atoms with Crippen LogP contribution in [0.5, 0.6) is 0 Å². The van der Waals surface area contributed by atoms with Gasteiger partial charge in [-0.05, 0) is 19.3 Å². The van der Waals surface area contributed by atoms with Crippen LogP contribution in [0.25, 0.3) is 0 Å². The smallest absolute Gasteiger partial charge is 0.726 e. The third-order valence-corrected chi connectivity index (χ3v) is 5.16. The minimum atomic E-state index is -4.59. The molecule has 27 heavy (non-hydrogen) atoms. The van der Waals surface area contributed by atoms with Crippen molar-refractivity contribution < 1.29 is 46.7 Å². The van der Waals surface area contributed by atoms with Gasteiger partial charge in [-0.15, -0.1) is 0 Å². The Morgan fingerprint density at radius 2 is 1.30 bits per heavy atom. The summed E-state index contributed by atoms with van der Waals surface area (Å²) in [5.41, 5.74) is 0. The molecule has 4 nitrogen and oxygen atoms in total. The van der Waals surface area contributed by atoms with Gasteiger partial charge in [-0.1, -0.05) is 103 Å². The number of hydrogen-bond acceptors (Lipinski definition) is 4. The molecule has 0 aromatic rings. The maximum atomic E-state index is 10.7. The van der Waals surface area contributed by atoms with Crippen LogP contribution in [0.15, 0.2) is 12.2 Å². The van der Waals surface area contributed by atoms with Crippen LogP contribution in [0.1, 0.15) is 110 Å². The van der Waals surface area contributed by atoms with Gasteiger partial charge in [-0.25, -0.2) is 8.42 Å². The van der Waals surface area contributed by atoms with E-state index in [2.05, 4.69) is 24.1 Å². The zero-order valence-corrected chi connectivity index (χ0v) is 20.9. The minimum absolute atomic E-state index is 0. The van der Waals surface area contributed by atoms with Crippen molar-refractivity contribution in [2.45, 2.75) is 110 Å². The molecule has 0 aliphatic rings. The van der Waals surface area contributed by atoms with Crippen LogP contribution >= 0.6 is 0 Å². The van der Waals surface area contributed by atoms with Gasteiger partial charge >= 0.3 is 29.6 Å². The van der Waals surface area contributed by atoms with E-state index in [1.807, 2.05) is 6.08 Å². The van der Waals surface area contributed by atoms with E-state index in [1.165, 1.54) is 70.6 Å². The van der Waals surface area contributed by atoms with E-state index < -0.39 is 10.4 Å². The first-order valence-corrected chi connectivity index (χ1v) is 12.1. The molecule has 0 aromatic heterocycles. The molecule has 0 heterocycles.